The molecule has 0 saturated carbocycles. The van der Waals surface area contributed by atoms with Crippen LogP contribution in [0.3, 0.4) is 0 Å². The van der Waals surface area contributed by atoms with Gasteiger partial charge in [0.1, 0.15) is 0 Å². The average molecular weight is 245 g/mol. The molecule has 1 amide bonds. The van der Waals surface area contributed by atoms with Crippen molar-refractivity contribution < 1.29 is 9.90 Å². The van der Waals surface area contributed by atoms with Crippen LogP contribution in [0.1, 0.15) is 25.3 Å². The lowest BCUT2D eigenvalue weighted by atomic mass is 9.91. The highest BCUT2D eigenvalue weighted by Gasteiger charge is 2.30. The quantitative estimate of drug-likeness (QED) is 0.797. The van der Waals surface area contributed by atoms with Gasteiger partial charge in [-0.25, -0.2) is 0 Å². The molecule has 1 aromatic rings. The molecule has 0 heterocycles. The molecule has 96 valence electrons. The standard InChI is InChI=1S/C15H19NO2/c1-15(11-17,13-9-3-2-4-10-13)16-14(18)12-7-5-6-8-12/h2-6,9-10,12,17H,7-8,11H2,1H3,(H,16,18). The van der Waals surface area contributed by atoms with Crippen molar-refractivity contribution >= 4 is 5.91 Å². The molecule has 0 saturated heterocycles. The molecule has 0 aliphatic heterocycles. The minimum Gasteiger partial charge on any atom is -0.394 e. The Bertz CT molecular complexity index is 433. The van der Waals surface area contributed by atoms with Crippen LogP contribution in [0.4, 0.5) is 0 Å². The summed E-state index contributed by atoms with van der Waals surface area (Å²) in [5, 5.41) is 12.6. The van der Waals surface area contributed by atoms with Crippen LogP contribution in [0.25, 0.3) is 0 Å². The van der Waals surface area contributed by atoms with Crippen molar-refractivity contribution in [2.45, 2.75) is 25.3 Å². The average Bonchev–Trinajstić information content (AvgIpc) is 2.93. The van der Waals surface area contributed by atoms with Gasteiger partial charge in [0.05, 0.1) is 12.1 Å². The third kappa shape index (κ3) is 2.62. The number of rotatable bonds is 4. The molecule has 0 bridgehead atoms. The van der Waals surface area contributed by atoms with E-state index in [1.54, 1.807) is 0 Å². The Kier molecular flexibility index (Phi) is 3.82. The van der Waals surface area contributed by atoms with E-state index in [2.05, 4.69) is 5.32 Å². The summed E-state index contributed by atoms with van der Waals surface area (Å²) >= 11 is 0. The number of benzene rings is 1. The zero-order valence-corrected chi connectivity index (χ0v) is 10.6. The molecule has 0 spiro atoms. The Morgan fingerprint density at radius 1 is 1.33 bits per heavy atom. The highest BCUT2D eigenvalue weighted by Crippen LogP contribution is 2.23. The van der Waals surface area contributed by atoms with Crippen LogP contribution in [-0.4, -0.2) is 17.6 Å². The van der Waals surface area contributed by atoms with Crippen molar-refractivity contribution in [1.82, 2.24) is 5.32 Å². The lowest BCUT2D eigenvalue weighted by Crippen LogP contribution is -2.48. The highest BCUT2D eigenvalue weighted by molar-refractivity contribution is 5.80. The van der Waals surface area contributed by atoms with Crippen molar-refractivity contribution in [2.24, 2.45) is 5.92 Å². The second kappa shape index (κ2) is 5.36. The third-order valence-corrected chi connectivity index (χ3v) is 3.50. The van der Waals surface area contributed by atoms with Gasteiger partial charge in [-0.3, -0.25) is 4.79 Å². The van der Waals surface area contributed by atoms with Gasteiger partial charge in [-0.05, 0) is 25.3 Å². The summed E-state index contributed by atoms with van der Waals surface area (Å²) in [5.41, 5.74) is 0.216. The first-order valence-electron chi connectivity index (χ1n) is 6.29. The molecule has 0 fully saturated rings. The molecule has 3 nitrogen and oxygen atoms in total. The summed E-state index contributed by atoms with van der Waals surface area (Å²) < 4.78 is 0. The Morgan fingerprint density at radius 2 is 1.94 bits per heavy atom. The normalized spacial score (nSPS) is 18.6. The Hall–Kier alpha value is -1.61. The van der Waals surface area contributed by atoms with Crippen molar-refractivity contribution in [3.8, 4) is 0 Å². The predicted molar refractivity (Wildman–Crippen MR) is 70.9 cm³/mol. The molecule has 0 radical (unpaired) electrons. The molecule has 2 rings (SSSR count). The van der Waals surface area contributed by atoms with E-state index in [4.69, 9.17) is 0 Å². The summed E-state index contributed by atoms with van der Waals surface area (Å²) in [6.07, 6.45) is 5.65. The molecule has 18 heavy (non-hydrogen) atoms. The smallest absolute Gasteiger partial charge is 0.224 e. The Morgan fingerprint density at radius 3 is 2.50 bits per heavy atom. The van der Waals surface area contributed by atoms with E-state index in [0.717, 1.165) is 18.4 Å². The van der Waals surface area contributed by atoms with Gasteiger partial charge < -0.3 is 10.4 Å². The fourth-order valence-corrected chi connectivity index (χ4v) is 2.21. The van der Waals surface area contributed by atoms with Gasteiger partial charge >= 0.3 is 0 Å². The Balaban J connectivity index is 2.11. The largest absolute Gasteiger partial charge is 0.394 e. The van der Waals surface area contributed by atoms with Gasteiger partial charge in [-0.1, -0.05) is 42.5 Å². The number of hydrogen-bond acceptors (Lipinski definition) is 2. The van der Waals surface area contributed by atoms with E-state index < -0.39 is 5.54 Å². The maximum absolute atomic E-state index is 12.1. The molecule has 1 aliphatic rings. The summed E-state index contributed by atoms with van der Waals surface area (Å²) in [4.78, 5) is 12.1. The monoisotopic (exact) mass is 245 g/mol. The van der Waals surface area contributed by atoms with E-state index >= 15 is 0 Å². The van der Waals surface area contributed by atoms with Crippen molar-refractivity contribution in [1.29, 1.82) is 0 Å². The lowest BCUT2D eigenvalue weighted by Gasteiger charge is -2.30. The van der Waals surface area contributed by atoms with Crippen LogP contribution < -0.4 is 5.32 Å². The molecule has 3 heteroatoms. The molecule has 1 aromatic carbocycles. The van der Waals surface area contributed by atoms with Crippen LogP contribution in [0.5, 0.6) is 0 Å². The molecular formula is C15H19NO2. The number of carbonyl (C=O) groups is 1. The highest BCUT2D eigenvalue weighted by atomic mass is 16.3. The van der Waals surface area contributed by atoms with Crippen LogP contribution in [0.2, 0.25) is 0 Å². The first-order chi connectivity index (χ1) is 8.65. The topological polar surface area (TPSA) is 49.3 Å². The molecule has 1 atom stereocenters. The van der Waals surface area contributed by atoms with Crippen molar-refractivity contribution in [3.05, 3.63) is 48.0 Å². The summed E-state index contributed by atoms with van der Waals surface area (Å²) in [7, 11) is 0. The predicted octanol–water partition coefficient (Wildman–Crippen LogP) is 1.98. The van der Waals surface area contributed by atoms with Crippen LogP contribution in [0.15, 0.2) is 42.5 Å². The van der Waals surface area contributed by atoms with Gasteiger partial charge in [0, 0.05) is 5.92 Å². The summed E-state index contributed by atoms with van der Waals surface area (Å²) in [6, 6.07) is 9.58. The second-order valence-corrected chi connectivity index (χ2v) is 4.99. The van der Waals surface area contributed by atoms with Crippen LogP contribution >= 0.6 is 0 Å². The van der Waals surface area contributed by atoms with E-state index in [-0.39, 0.29) is 18.4 Å². The van der Waals surface area contributed by atoms with E-state index in [9.17, 15) is 9.90 Å². The zero-order valence-electron chi connectivity index (χ0n) is 10.6. The summed E-state index contributed by atoms with van der Waals surface area (Å²) in [6.45, 7) is 1.74. The summed E-state index contributed by atoms with van der Waals surface area (Å²) in [5.74, 6) is 0.0278. The van der Waals surface area contributed by atoms with Crippen LogP contribution in [-0.2, 0) is 10.3 Å². The first-order valence-corrected chi connectivity index (χ1v) is 6.29. The van der Waals surface area contributed by atoms with E-state index in [0.29, 0.717) is 0 Å². The fraction of sp³-hybridized carbons (Fsp3) is 0.400. The zero-order chi connectivity index (χ0) is 13.0. The number of amides is 1. The SMILES string of the molecule is CC(CO)(NC(=O)C1CC=CC1)c1ccccc1. The minimum atomic E-state index is -0.707. The molecule has 2 N–H and O–H groups in total. The van der Waals surface area contributed by atoms with Gasteiger partial charge in [0.15, 0.2) is 0 Å². The molecule has 1 unspecified atom stereocenters. The number of carbonyl (C=O) groups excluding carboxylic acids is 1. The Labute approximate surface area is 108 Å². The van der Waals surface area contributed by atoms with Crippen LogP contribution in [0, 0.1) is 5.92 Å². The number of aliphatic hydroxyl groups excluding tert-OH is 1. The molecular weight excluding hydrogens is 226 g/mol. The van der Waals surface area contributed by atoms with E-state index in [1.807, 2.05) is 49.4 Å². The van der Waals surface area contributed by atoms with Gasteiger partial charge in [-0.2, -0.15) is 0 Å². The molecule has 1 aliphatic carbocycles. The van der Waals surface area contributed by atoms with Gasteiger partial charge in [0.2, 0.25) is 5.91 Å². The fourth-order valence-electron chi connectivity index (χ4n) is 2.21. The maximum atomic E-state index is 12.1. The minimum absolute atomic E-state index is 0.0135. The lowest BCUT2D eigenvalue weighted by molar-refractivity contribution is -0.127. The first kappa shape index (κ1) is 12.8. The van der Waals surface area contributed by atoms with Crippen molar-refractivity contribution in [3.63, 3.8) is 0 Å². The van der Waals surface area contributed by atoms with Gasteiger partial charge in [-0.15, -0.1) is 0 Å². The number of allylic oxidation sites excluding steroid dienone is 2. The van der Waals surface area contributed by atoms with Crippen molar-refractivity contribution in [2.75, 3.05) is 6.61 Å². The third-order valence-electron chi connectivity index (χ3n) is 3.50. The van der Waals surface area contributed by atoms with E-state index in [1.165, 1.54) is 0 Å². The number of hydrogen-bond donors (Lipinski definition) is 2. The molecule has 0 aromatic heterocycles. The second-order valence-electron chi connectivity index (χ2n) is 4.99. The number of nitrogens with one attached hydrogen (secondary N) is 1. The number of aliphatic hydroxyl groups is 1. The maximum Gasteiger partial charge on any atom is 0.224 e. The van der Waals surface area contributed by atoms with Gasteiger partial charge in [0.25, 0.3) is 0 Å².